The molecule has 0 bridgehead atoms. The van der Waals surface area contributed by atoms with Crippen molar-refractivity contribution in [3.63, 3.8) is 0 Å². The number of hydrogen-bond acceptors (Lipinski definition) is 6. The molecule has 0 atom stereocenters. The molecular weight excluding hydrogens is 320 g/mol. The van der Waals surface area contributed by atoms with Crippen LogP contribution in [0.2, 0.25) is 0 Å². The molecule has 0 fully saturated rings. The van der Waals surface area contributed by atoms with Crippen molar-refractivity contribution in [2.45, 2.75) is 23.5 Å². The summed E-state index contributed by atoms with van der Waals surface area (Å²) in [5.41, 5.74) is 0.933. The van der Waals surface area contributed by atoms with E-state index in [0.717, 1.165) is 47.2 Å². The van der Waals surface area contributed by atoms with E-state index < -0.39 is 16.0 Å². The summed E-state index contributed by atoms with van der Waals surface area (Å²) < 4.78 is 26.7. The largest absolute Gasteiger partial charge is 0.478 e. The fraction of sp³-hybridized carbons (Fsp3) is 0.273. The van der Waals surface area contributed by atoms with Crippen molar-refractivity contribution in [2.75, 3.05) is 4.72 Å². The zero-order valence-electron chi connectivity index (χ0n) is 10.1. The summed E-state index contributed by atoms with van der Waals surface area (Å²) in [6.45, 7) is 0. The van der Waals surface area contributed by atoms with Crippen LogP contribution < -0.4 is 4.72 Å². The zero-order valence-corrected chi connectivity index (χ0v) is 12.6. The van der Waals surface area contributed by atoms with Crippen molar-refractivity contribution >= 4 is 43.8 Å². The summed E-state index contributed by atoms with van der Waals surface area (Å²) in [6, 6.07) is 1.15. The van der Waals surface area contributed by atoms with Crippen LogP contribution in [0.25, 0.3) is 0 Å². The summed E-state index contributed by atoms with van der Waals surface area (Å²) in [5.74, 6) is -1.14. The van der Waals surface area contributed by atoms with E-state index in [1.807, 2.05) is 0 Å². The lowest BCUT2D eigenvalue weighted by molar-refractivity contribution is 0.0697. The van der Waals surface area contributed by atoms with Crippen molar-refractivity contribution in [1.29, 1.82) is 0 Å². The number of anilines is 1. The van der Waals surface area contributed by atoms with Crippen molar-refractivity contribution in [3.05, 3.63) is 27.6 Å². The number of hydrogen-bond donors (Lipinski definition) is 2. The number of carbonyl (C=O) groups is 1. The van der Waals surface area contributed by atoms with Crippen molar-refractivity contribution in [2.24, 2.45) is 0 Å². The van der Waals surface area contributed by atoms with Crippen LogP contribution in [0.15, 0.2) is 15.7 Å². The molecule has 106 valence electrons. The predicted molar refractivity (Wildman–Crippen MR) is 76.2 cm³/mol. The van der Waals surface area contributed by atoms with Crippen LogP contribution in [0.3, 0.4) is 0 Å². The Morgan fingerprint density at radius 1 is 1.40 bits per heavy atom. The number of carboxylic acid groups (broad SMARTS) is 1. The first-order chi connectivity index (χ1) is 9.45. The highest BCUT2D eigenvalue weighted by atomic mass is 32.2. The first-order valence-electron chi connectivity index (χ1n) is 5.79. The molecule has 6 nitrogen and oxygen atoms in total. The molecule has 2 heterocycles. The van der Waals surface area contributed by atoms with Gasteiger partial charge in [-0.05, 0) is 25.3 Å². The predicted octanol–water partition coefficient (Wildman–Crippen LogP) is 2.19. The van der Waals surface area contributed by atoms with E-state index in [1.165, 1.54) is 16.7 Å². The topological polar surface area (TPSA) is 96.4 Å². The van der Waals surface area contributed by atoms with Gasteiger partial charge in [0.25, 0.3) is 10.0 Å². The lowest BCUT2D eigenvalue weighted by Crippen LogP contribution is -2.11. The number of thiophene rings is 1. The molecule has 0 aliphatic heterocycles. The SMILES string of the molecule is O=C(O)c1csc(S(=O)(=O)Nc2nc3c(s2)CCC3)c1. The third-order valence-electron chi connectivity index (χ3n) is 2.90. The minimum Gasteiger partial charge on any atom is -0.478 e. The molecule has 0 spiro atoms. The summed E-state index contributed by atoms with van der Waals surface area (Å²) in [5, 5.41) is 10.5. The van der Waals surface area contributed by atoms with Crippen LogP contribution in [0.4, 0.5) is 5.13 Å². The van der Waals surface area contributed by atoms with Crippen LogP contribution in [0.1, 0.15) is 27.3 Å². The number of fused-ring (bicyclic) bond motifs is 1. The number of sulfonamides is 1. The quantitative estimate of drug-likeness (QED) is 0.896. The normalized spacial score (nSPS) is 14.2. The lowest BCUT2D eigenvalue weighted by Gasteiger charge is -2.01. The molecule has 2 aromatic rings. The molecule has 3 rings (SSSR count). The number of nitrogens with one attached hydrogen (secondary N) is 1. The highest BCUT2D eigenvalue weighted by Gasteiger charge is 2.23. The van der Waals surface area contributed by atoms with E-state index in [2.05, 4.69) is 9.71 Å². The third-order valence-corrected chi connectivity index (χ3v) is 6.89. The van der Waals surface area contributed by atoms with Gasteiger partial charge in [0.15, 0.2) is 5.13 Å². The molecule has 9 heteroatoms. The van der Waals surface area contributed by atoms with Gasteiger partial charge in [0.05, 0.1) is 11.3 Å². The Labute approximate surface area is 123 Å². The Morgan fingerprint density at radius 3 is 2.85 bits per heavy atom. The number of carboxylic acids is 1. The summed E-state index contributed by atoms with van der Waals surface area (Å²) in [4.78, 5) is 16.2. The molecule has 20 heavy (non-hydrogen) atoms. The highest BCUT2D eigenvalue weighted by molar-refractivity contribution is 7.94. The monoisotopic (exact) mass is 330 g/mol. The fourth-order valence-electron chi connectivity index (χ4n) is 1.97. The van der Waals surface area contributed by atoms with Gasteiger partial charge in [-0.1, -0.05) is 0 Å². The lowest BCUT2D eigenvalue weighted by atomic mass is 10.4. The smallest absolute Gasteiger partial charge is 0.336 e. The van der Waals surface area contributed by atoms with E-state index >= 15 is 0 Å². The van der Waals surface area contributed by atoms with E-state index in [9.17, 15) is 13.2 Å². The van der Waals surface area contributed by atoms with Crippen LogP contribution >= 0.6 is 22.7 Å². The summed E-state index contributed by atoms with van der Waals surface area (Å²) >= 11 is 2.22. The van der Waals surface area contributed by atoms with E-state index in [0.29, 0.717) is 5.13 Å². The van der Waals surface area contributed by atoms with Crippen LogP contribution in [0, 0.1) is 0 Å². The van der Waals surface area contributed by atoms with Gasteiger partial charge in [0.1, 0.15) is 4.21 Å². The van der Waals surface area contributed by atoms with Gasteiger partial charge in [0, 0.05) is 10.3 Å². The second-order valence-corrected chi connectivity index (χ2v) is 8.21. The highest BCUT2D eigenvalue weighted by Crippen LogP contribution is 2.32. The minimum absolute atomic E-state index is 0.0229. The van der Waals surface area contributed by atoms with Gasteiger partial charge in [-0.2, -0.15) is 0 Å². The Bertz CT molecular complexity index is 754. The number of rotatable bonds is 4. The van der Waals surface area contributed by atoms with Gasteiger partial charge in [-0.3, -0.25) is 4.72 Å². The Kier molecular flexibility index (Phi) is 3.27. The Balaban J connectivity index is 1.85. The van der Waals surface area contributed by atoms with Crippen molar-refractivity contribution in [1.82, 2.24) is 4.98 Å². The Hall–Kier alpha value is -1.45. The standard InChI is InChI=1S/C11H10N2O4S3/c14-10(15)6-4-9(18-5-6)20(16,17)13-11-12-7-2-1-3-8(7)19-11/h4-5H,1-3H2,(H,12,13)(H,14,15). The summed E-state index contributed by atoms with van der Waals surface area (Å²) in [7, 11) is -3.76. The van der Waals surface area contributed by atoms with Gasteiger partial charge in [-0.15, -0.1) is 22.7 Å². The number of nitrogens with zero attached hydrogens (tertiary/aromatic N) is 1. The number of aryl methyl sites for hydroxylation is 2. The molecule has 0 unspecified atom stereocenters. The van der Waals surface area contributed by atoms with Gasteiger partial charge in [0.2, 0.25) is 0 Å². The van der Waals surface area contributed by atoms with Crippen LogP contribution in [-0.2, 0) is 22.9 Å². The molecule has 1 aliphatic rings. The van der Waals surface area contributed by atoms with Crippen LogP contribution in [0.5, 0.6) is 0 Å². The average Bonchev–Trinajstić information content (AvgIpc) is 3.01. The second kappa shape index (κ2) is 4.83. The molecule has 0 aromatic carbocycles. The maximum absolute atomic E-state index is 12.1. The van der Waals surface area contributed by atoms with E-state index in [1.54, 1.807) is 0 Å². The third kappa shape index (κ3) is 2.43. The van der Waals surface area contributed by atoms with Gasteiger partial charge in [-0.25, -0.2) is 18.2 Å². The fourth-order valence-corrected chi connectivity index (χ4v) is 5.41. The van der Waals surface area contributed by atoms with Crippen molar-refractivity contribution in [3.8, 4) is 0 Å². The molecule has 1 aliphatic carbocycles. The van der Waals surface area contributed by atoms with Crippen molar-refractivity contribution < 1.29 is 18.3 Å². The average molecular weight is 330 g/mol. The molecule has 0 saturated carbocycles. The maximum atomic E-state index is 12.1. The number of aromatic carboxylic acids is 1. The van der Waals surface area contributed by atoms with Gasteiger partial charge >= 0.3 is 5.97 Å². The van der Waals surface area contributed by atoms with Crippen LogP contribution in [-0.4, -0.2) is 24.5 Å². The number of thiazole rings is 1. The molecule has 0 saturated heterocycles. The molecule has 2 aromatic heterocycles. The molecule has 0 amide bonds. The molecule has 0 radical (unpaired) electrons. The molecular formula is C11H10N2O4S3. The first kappa shape index (κ1) is 13.5. The Morgan fingerprint density at radius 2 is 2.20 bits per heavy atom. The number of aromatic nitrogens is 1. The second-order valence-electron chi connectivity index (χ2n) is 4.31. The zero-order chi connectivity index (χ0) is 14.3. The summed E-state index contributed by atoms with van der Waals surface area (Å²) in [6.07, 6.45) is 2.89. The maximum Gasteiger partial charge on any atom is 0.336 e. The molecule has 2 N–H and O–H groups in total. The first-order valence-corrected chi connectivity index (χ1v) is 8.97. The van der Waals surface area contributed by atoms with E-state index in [-0.39, 0.29) is 9.77 Å². The van der Waals surface area contributed by atoms with E-state index in [4.69, 9.17) is 5.11 Å². The van der Waals surface area contributed by atoms with Gasteiger partial charge < -0.3 is 5.11 Å². The minimum atomic E-state index is -3.76.